The topological polar surface area (TPSA) is 80.5 Å². The molecular weight excluding hydrogens is 396 g/mol. The van der Waals surface area contributed by atoms with Crippen LogP contribution in [-0.2, 0) is 16.4 Å². The number of aryl methyl sites for hydroxylation is 3. The van der Waals surface area contributed by atoms with Crippen LogP contribution in [0.1, 0.15) is 38.7 Å². The maximum atomic E-state index is 13.5. The number of carbonyl (C=O) groups is 1. The van der Waals surface area contributed by atoms with Gasteiger partial charge < -0.3 is 9.32 Å². The molecule has 0 unspecified atom stereocenters. The molecule has 1 saturated heterocycles. The van der Waals surface area contributed by atoms with E-state index in [2.05, 4.69) is 4.98 Å². The number of carbonyl (C=O) groups excluding carboxylic acids is 1. The van der Waals surface area contributed by atoms with E-state index in [1.54, 1.807) is 23.3 Å². The molecule has 6 nitrogen and oxygen atoms in total. The van der Waals surface area contributed by atoms with Crippen LogP contribution in [0, 0.1) is 20.8 Å². The maximum Gasteiger partial charge on any atom is 0.264 e. The summed E-state index contributed by atoms with van der Waals surface area (Å²) in [6, 6.07) is 5.24. The summed E-state index contributed by atoms with van der Waals surface area (Å²) in [5.41, 5.74) is 2.91. The SMILES string of the molecule is Cc1cc(C)c2c(C)c(C(=O)N(Cc3ccco3)[C@@H]3CCS(=O)(=O)C3)sc2n1. The highest BCUT2D eigenvalue weighted by molar-refractivity contribution is 7.91. The van der Waals surface area contributed by atoms with Gasteiger partial charge in [0.2, 0.25) is 0 Å². The molecular formula is C20H22N2O4S2. The molecule has 0 aromatic carbocycles. The first-order valence-electron chi connectivity index (χ1n) is 9.16. The van der Waals surface area contributed by atoms with Crippen molar-refractivity contribution in [2.24, 2.45) is 0 Å². The molecule has 148 valence electrons. The lowest BCUT2D eigenvalue weighted by Gasteiger charge is -2.27. The van der Waals surface area contributed by atoms with Crippen molar-refractivity contribution in [2.75, 3.05) is 11.5 Å². The first-order chi connectivity index (χ1) is 13.2. The summed E-state index contributed by atoms with van der Waals surface area (Å²) in [6.45, 7) is 6.16. The Bertz CT molecular complexity index is 1150. The number of amides is 1. The zero-order valence-corrected chi connectivity index (χ0v) is 17.7. The van der Waals surface area contributed by atoms with Crippen LogP contribution in [-0.4, -0.2) is 41.8 Å². The molecule has 4 rings (SSSR count). The Balaban J connectivity index is 1.76. The number of hydrogen-bond donors (Lipinski definition) is 0. The van der Waals surface area contributed by atoms with E-state index in [1.165, 1.54) is 11.3 Å². The fraction of sp³-hybridized carbons (Fsp3) is 0.400. The van der Waals surface area contributed by atoms with E-state index in [1.807, 2.05) is 26.8 Å². The van der Waals surface area contributed by atoms with Crippen molar-refractivity contribution in [1.29, 1.82) is 0 Å². The zero-order chi connectivity index (χ0) is 20.1. The summed E-state index contributed by atoms with van der Waals surface area (Å²) in [5.74, 6) is 0.600. The van der Waals surface area contributed by atoms with Crippen molar-refractivity contribution < 1.29 is 17.6 Å². The molecule has 28 heavy (non-hydrogen) atoms. The van der Waals surface area contributed by atoms with E-state index in [-0.39, 0.29) is 30.0 Å². The molecule has 1 amide bonds. The van der Waals surface area contributed by atoms with E-state index < -0.39 is 9.84 Å². The Kier molecular flexibility index (Phi) is 4.79. The smallest absolute Gasteiger partial charge is 0.264 e. The van der Waals surface area contributed by atoms with Crippen LogP contribution < -0.4 is 0 Å². The van der Waals surface area contributed by atoms with E-state index in [9.17, 15) is 13.2 Å². The summed E-state index contributed by atoms with van der Waals surface area (Å²) in [5, 5.41) is 1.01. The quantitative estimate of drug-likeness (QED) is 0.646. The molecule has 0 bridgehead atoms. The van der Waals surface area contributed by atoms with Gasteiger partial charge in [0.05, 0.1) is 29.2 Å². The van der Waals surface area contributed by atoms with Crippen LogP contribution in [0.2, 0.25) is 0 Å². The number of sulfone groups is 1. The lowest BCUT2D eigenvalue weighted by Crippen LogP contribution is -2.40. The highest BCUT2D eigenvalue weighted by Gasteiger charge is 2.36. The van der Waals surface area contributed by atoms with Crippen LogP contribution in [0.25, 0.3) is 10.2 Å². The number of thiophene rings is 1. The zero-order valence-electron chi connectivity index (χ0n) is 16.1. The Morgan fingerprint density at radius 3 is 2.79 bits per heavy atom. The molecule has 1 aliphatic rings. The van der Waals surface area contributed by atoms with E-state index in [0.717, 1.165) is 27.0 Å². The molecule has 1 aliphatic heterocycles. The first kappa shape index (κ1) is 19.1. The van der Waals surface area contributed by atoms with Gasteiger partial charge in [0.25, 0.3) is 5.91 Å². The van der Waals surface area contributed by atoms with Crippen molar-refractivity contribution in [2.45, 2.75) is 39.8 Å². The van der Waals surface area contributed by atoms with Crippen molar-refractivity contribution in [3.05, 3.63) is 51.9 Å². The lowest BCUT2D eigenvalue weighted by molar-refractivity contribution is 0.0670. The van der Waals surface area contributed by atoms with Gasteiger partial charge in [-0.25, -0.2) is 13.4 Å². The molecule has 4 heterocycles. The van der Waals surface area contributed by atoms with Crippen LogP contribution in [0.3, 0.4) is 0 Å². The Morgan fingerprint density at radius 1 is 1.36 bits per heavy atom. The summed E-state index contributed by atoms with van der Waals surface area (Å²) >= 11 is 1.38. The van der Waals surface area contributed by atoms with Gasteiger partial charge in [-0.1, -0.05) is 0 Å². The second-order valence-electron chi connectivity index (χ2n) is 7.39. The fourth-order valence-electron chi connectivity index (χ4n) is 3.91. The molecule has 0 spiro atoms. The molecule has 0 saturated carbocycles. The number of nitrogens with zero attached hydrogens (tertiary/aromatic N) is 2. The average molecular weight is 419 g/mol. The third-order valence-electron chi connectivity index (χ3n) is 5.24. The van der Waals surface area contributed by atoms with Crippen LogP contribution in [0.5, 0.6) is 0 Å². The van der Waals surface area contributed by atoms with Gasteiger partial charge in [-0.15, -0.1) is 11.3 Å². The number of pyridine rings is 1. The predicted octanol–water partition coefficient (Wildman–Crippen LogP) is 3.64. The van der Waals surface area contributed by atoms with Gasteiger partial charge >= 0.3 is 0 Å². The van der Waals surface area contributed by atoms with Gasteiger partial charge in [-0.2, -0.15) is 0 Å². The number of fused-ring (bicyclic) bond motifs is 1. The minimum atomic E-state index is -3.12. The minimum absolute atomic E-state index is 0.000221. The van der Waals surface area contributed by atoms with Crippen LogP contribution in [0.4, 0.5) is 0 Å². The van der Waals surface area contributed by atoms with Crippen molar-refractivity contribution in [3.8, 4) is 0 Å². The Hall–Kier alpha value is -2.19. The van der Waals surface area contributed by atoms with Gasteiger partial charge in [0, 0.05) is 17.1 Å². The normalized spacial score (nSPS) is 18.6. The lowest BCUT2D eigenvalue weighted by atomic mass is 10.1. The number of rotatable bonds is 4. The summed E-state index contributed by atoms with van der Waals surface area (Å²) in [6.07, 6.45) is 2.01. The van der Waals surface area contributed by atoms with Crippen molar-refractivity contribution in [3.63, 3.8) is 0 Å². The Labute approximate surface area is 168 Å². The molecule has 0 radical (unpaired) electrons. The second-order valence-corrected chi connectivity index (χ2v) is 10.6. The highest BCUT2D eigenvalue weighted by Crippen LogP contribution is 2.34. The standard InChI is InChI=1S/C20H22N2O4S2/c1-12-9-13(2)21-19-17(12)14(3)18(27-19)20(23)22(10-16-5-4-7-26-16)15-6-8-28(24,25)11-15/h4-5,7,9,15H,6,8,10-11H2,1-3H3/t15-/m1/s1. The second kappa shape index (κ2) is 7.00. The minimum Gasteiger partial charge on any atom is -0.467 e. The van der Waals surface area contributed by atoms with Gasteiger partial charge in [-0.05, 0) is 56.5 Å². The van der Waals surface area contributed by atoms with Crippen LogP contribution in [0.15, 0.2) is 28.9 Å². The molecule has 3 aromatic heterocycles. The van der Waals surface area contributed by atoms with Gasteiger partial charge in [0.1, 0.15) is 10.6 Å². The third-order valence-corrected chi connectivity index (χ3v) is 8.16. The first-order valence-corrected chi connectivity index (χ1v) is 11.8. The monoisotopic (exact) mass is 418 g/mol. The summed E-state index contributed by atoms with van der Waals surface area (Å²) < 4.78 is 29.5. The fourth-order valence-corrected chi connectivity index (χ4v) is 6.90. The highest BCUT2D eigenvalue weighted by atomic mass is 32.2. The van der Waals surface area contributed by atoms with Crippen molar-refractivity contribution >= 4 is 37.3 Å². The molecule has 1 fully saturated rings. The summed E-state index contributed by atoms with van der Waals surface area (Å²) in [4.78, 5) is 21.2. The van der Waals surface area contributed by atoms with Crippen LogP contribution >= 0.6 is 11.3 Å². The third kappa shape index (κ3) is 3.46. The van der Waals surface area contributed by atoms with Gasteiger partial charge in [0.15, 0.2) is 9.84 Å². The molecule has 0 aliphatic carbocycles. The molecule has 3 aromatic rings. The van der Waals surface area contributed by atoms with E-state index in [0.29, 0.717) is 17.1 Å². The van der Waals surface area contributed by atoms with Gasteiger partial charge in [-0.3, -0.25) is 4.79 Å². The summed E-state index contributed by atoms with van der Waals surface area (Å²) in [7, 11) is -3.12. The largest absolute Gasteiger partial charge is 0.467 e. The van der Waals surface area contributed by atoms with E-state index in [4.69, 9.17) is 4.42 Å². The maximum absolute atomic E-state index is 13.5. The molecule has 1 atom stereocenters. The predicted molar refractivity (Wildman–Crippen MR) is 109 cm³/mol. The average Bonchev–Trinajstić information content (AvgIpc) is 3.31. The van der Waals surface area contributed by atoms with E-state index >= 15 is 0 Å². The molecule has 0 N–H and O–H groups in total. The van der Waals surface area contributed by atoms with Crippen molar-refractivity contribution in [1.82, 2.24) is 9.88 Å². The number of furan rings is 1. The number of hydrogen-bond acceptors (Lipinski definition) is 6. The number of aromatic nitrogens is 1. The molecule has 8 heteroatoms. The Morgan fingerprint density at radius 2 is 2.14 bits per heavy atom.